The molecule has 9 nitrogen and oxygen atoms in total. The fraction of sp³-hybridized carbons (Fsp3) is 0.417. The second kappa shape index (κ2) is 13.9. The third kappa shape index (κ3) is 9.39. The fourth-order valence-electron chi connectivity index (χ4n) is 3.09. The minimum Gasteiger partial charge on any atom is -1.00 e. The maximum Gasteiger partial charge on any atom is 0.258 e. The van der Waals surface area contributed by atoms with Crippen molar-refractivity contribution in [1.82, 2.24) is 30.8 Å². The van der Waals surface area contributed by atoms with Gasteiger partial charge >= 0.3 is 0 Å². The van der Waals surface area contributed by atoms with Crippen molar-refractivity contribution in [1.29, 1.82) is 0 Å². The Kier molecular flexibility index (Phi) is 11.3. The molecule has 0 atom stereocenters. The standard InChI is InChI=1S/C24H32N6O3S.ClH/c1-5-32-21-15-18(11-12-20(21)33-17-22(31)26-24(2,3)4)16-25-13-14-34-23-27-28-29-30(23)19-9-7-6-8-10-19;/h6-12,15,25H,5,13-14,16-17H2,1-4H3,(H,26,31);1H/p-1. The number of para-hydroxylation sites is 1. The summed E-state index contributed by atoms with van der Waals surface area (Å²) in [5, 5.41) is 19.1. The quantitative estimate of drug-likeness (QED) is 0.259. The molecule has 0 saturated carbocycles. The molecule has 0 saturated heterocycles. The topological polar surface area (TPSA) is 103 Å². The Morgan fingerprint density at radius 2 is 1.86 bits per heavy atom. The third-order valence-corrected chi connectivity index (χ3v) is 5.38. The van der Waals surface area contributed by atoms with E-state index in [-0.39, 0.29) is 30.5 Å². The smallest absolute Gasteiger partial charge is 0.258 e. The predicted octanol–water partition coefficient (Wildman–Crippen LogP) is 0.240. The first-order chi connectivity index (χ1) is 16.4. The Hall–Kier alpha value is -2.82. The van der Waals surface area contributed by atoms with Crippen LogP contribution >= 0.6 is 11.8 Å². The summed E-state index contributed by atoms with van der Waals surface area (Å²) >= 11 is 1.59. The van der Waals surface area contributed by atoms with Crippen LogP contribution in [0.1, 0.15) is 33.3 Å². The molecule has 0 spiro atoms. The van der Waals surface area contributed by atoms with Crippen LogP contribution in [0.3, 0.4) is 0 Å². The monoisotopic (exact) mass is 519 g/mol. The van der Waals surface area contributed by atoms with Crippen LogP contribution in [-0.4, -0.2) is 57.2 Å². The van der Waals surface area contributed by atoms with Crippen LogP contribution in [0.2, 0.25) is 0 Å². The lowest BCUT2D eigenvalue weighted by molar-refractivity contribution is -0.124. The van der Waals surface area contributed by atoms with Gasteiger partial charge in [0, 0.05) is 24.4 Å². The Bertz CT molecular complexity index is 1060. The Labute approximate surface area is 216 Å². The number of aromatic nitrogens is 4. The molecule has 0 aliphatic carbocycles. The lowest BCUT2D eigenvalue weighted by atomic mass is 10.1. The highest BCUT2D eigenvalue weighted by Crippen LogP contribution is 2.28. The SMILES string of the molecule is CCOc1cc(CNCCSc2nnnn2-c2ccccc2)ccc1OCC(=O)NC(C)(C)C.[Cl-]. The molecule has 11 heteroatoms. The summed E-state index contributed by atoms with van der Waals surface area (Å²) in [6.07, 6.45) is 0. The summed E-state index contributed by atoms with van der Waals surface area (Å²) < 4.78 is 13.2. The predicted molar refractivity (Wildman–Crippen MR) is 133 cm³/mol. The highest BCUT2D eigenvalue weighted by Gasteiger charge is 2.15. The zero-order valence-electron chi connectivity index (χ0n) is 20.5. The molecular formula is C24H32ClN6O3S-. The number of thioether (sulfide) groups is 1. The Morgan fingerprint density at radius 3 is 2.57 bits per heavy atom. The molecule has 0 aliphatic heterocycles. The lowest BCUT2D eigenvalue weighted by Gasteiger charge is -2.21. The minimum absolute atomic E-state index is 0. The molecular weight excluding hydrogens is 488 g/mol. The van der Waals surface area contributed by atoms with E-state index in [4.69, 9.17) is 9.47 Å². The Morgan fingerprint density at radius 1 is 1.09 bits per heavy atom. The van der Waals surface area contributed by atoms with Crippen molar-refractivity contribution in [2.45, 2.75) is 44.9 Å². The minimum atomic E-state index is -0.301. The van der Waals surface area contributed by atoms with Crippen LogP contribution in [0.4, 0.5) is 0 Å². The van der Waals surface area contributed by atoms with E-state index in [1.54, 1.807) is 16.4 Å². The number of carbonyl (C=O) groups excluding carboxylic acids is 1. The summed E-state index contributed by atoms with van der Waals surface area (Å²) in [6, 6.07) is 15.6. The van der Waals surface area contributed by atoms with E-state index in [0.29, 0.717) is 24.7 Å². The number of rotatable bonds is 12. The van der Waals surface area contributed by atoms with Gasteiger partial charge in [0.05, 0.1) is 12.3 Å². The first-order valence-corrected chi connectivity index (χ1v) is 12.2. The van der Waals surface area contributed by atoms with Gasteiger partial charge in [-0.2, -0.15) is 4.68 Å². The van der Waals surface area contributed by atoms with Gasteiger partial charge in [0.15, 0.2) is 18.1 Å². The van der Waals surface area contributed by atoms with Gasteiger partial charge in [0.1, 0.15) is 0 Å². The first-order valence-electron chi connectivity index (χ1n) is 11.2. The maximum atomic E-state index is 12.1. The zero-order valence-corrected chi connectivity index (χ0v) is 22.0. The van der Waals surface area contributed by atoms with Gasteiger partial charge in [0.25, 0.3) is 5.91 Å². The van der Waals surface area contributed by atoms with Crippen LogP contribution in [0.25, 0.3) is 5.69 Å². The van der Waals surface area contributed by atoms with Gasteiger partial charge in [-0.15, -0.1) is 5.10 Å². The van der Waals surface area contributed by atoms with Gasteiger partial charge in [-0.25, -0.2) is 0 Å². The summed E-state index contributed by atoms with van der Waals surface area (Å²) in [5.41, 5.74) is 1.70. The van der Waals surface area contributed by atoms with E-state index < -0.39 is 0 Å². The van der Waals surface area contributed by atoms with Crippen molar-refractivity contribution in [3.63, 3.8) is 0 Å². The van der Waals surface area contributed by atoms with E-state index in [9.17, 15) is 4.79 Å². The Balaban J connectivity index is 0.00000432. The second-order valence-electron chi connectivity index (χ2n) is 8.54. The summed E-state index contributed by atoms with van der Waals surface area (Å²) in [5.74, 6) is 1.83. The molecule has 0 unspecified atom stereocenters. The largest absolute Gasteiger partial charge is 1.00 e. The van der Waals surface area contributed by atoms with Crippen molar-refractivity contribution in [2.75, 3.05) is 25.5 Å². The van der Waals surface area contributed by atoms with Gasteiger partial charge in [-0.3, -0.25) is 4.79 Å². The third-order valence-electron chi connectivity index (χ3n) is 4.46. The summed E-state index contributed by atoms with van der Waals surface area (Å²) in [6.45, 7) is 9.62. The molecule has 0 aliphatic rings. The molecule has 1 heterocycles. The van der Waals surface area contributed by atoms with Crippen molar-refractivity contribution >= 4 is 17.7 Å². The second-order valence-corrected chi connectivity index (χ2v) is 9.60. The molecule has 2 N–H and O–H groups in total. The van der Waals surface area contributed by atoms with Gasteiger partial charge in [-0.05, 0) is 68.0 Å². The average Bonchev–Trinajstić information content (AvgIpc) is 3.26. The lowest BCUT2D eigenvalue weighted by Crippen LogP contribution is -3.00. The highest BCUT2D eigenvalue weighted by molar-refractivity contribution is 7.99. The number of ether oxygens (including phenoxy) is 2. The van der Waals surface area contributed by atoms with E-state index in [0.717, 1.165) is 28.7 Å². The molecule has 35 heavy (non-hydrogen) atoms. The van der Waals surface area contributed by atoms with Crippen molar-refractivity contribution in [3.8, 4) is 17.2 Å². The first kappa shape index (κ1) is 28.4. The van der Waals surface area contributed by atoms with Crippen LogP contribution in [-0.2, 0) is 11.3 Å². The average molecular weight is 520 g/mol. The van der Waals surface area contributed by atoms with Crippen LogP contribution in [0, 0.1) is 0 Å². The highest BCUT2D eigenvalue weighted by atomic mass is 35.5. The van der Waals surface area contributed by atoms with Crippen molar-refractivity contribution < 1.29 is 26.7 Å². The number of benzene rings is 2. The molecule has 3 aromatic rings. The van der Waals surface area contributed by atoms with Gasteiger partial charge in [-0.1, -0.05) is 36.0 Å². The molecule has 0 radical (unpaired) electrons. The van der Waals surface area contributed by atoms with Gasteiger partial charge < -0.3 is 32.5 Å². The number of hydrogen-bond acceptors (Lipinski definition) is 8. The maximum absolute atomic E-state index is 12.1. The van der Waals surface area contributed by atoms with Crippen LogP contribution in [0.5, 0.6) is 11.5 Å². The van der Waals surface area contributed by atoms with Crippen molar-refractivity contribution in [2.24, 2.45) is 0 Å². The summed E-state index contributed by atoms with van der Waals surface area (Å²) in [4.78, 5) is 12.1. The van der Waals surface area contributed by atoms with E-state index in [1.165, 1.54) is 0 Å². The van der Waals surface area contributed by atoms with Crippen LogP contribution < -0.4 is 32.5 Å². The van der Waals surface area contributed by atoms with Gasteiger partial charge in [0.2, 0.25) is 5.16 Å². The molecule has 0 fully saturated rings. The number of hydrogen-bond donors (Lipinski definition) is 2. The number of nitrogens with one attached hydrogen (secondary N) is 2. The summed E-state index contributed by atoms with van der Waals surface area (Å²) in [7, 11) is 0. The van der Waals surface area contributed by atoms with E-state index in [1.807, 2.05) is 76.2 Å². The number of amides is 1. The zero-order chi connectivity index (χ0) is 24.4. The molecule has 1 amide bonds. The molecule has 190 valence electrons. The molecule has 0 bridgehead atoms. The van der Waals surface area contributed by atoms with Crippen LogP contribution in [0.15, 0.2) is 53.7 Å². The molecule has 2 aromatic carbocycles. The van der Waals surface area contributed by atoms with E-state index >= 15 is 0 Å². The normalized spacial score (nSPS) is 11.0. The fourth-order valence-corrected chi connectivity index (χ4v) is 3.88. The molecule has 3 rings (SSSR count). The number of tetrazole rings is 1. The van der Waals surface area contributed by atoms with E-state index in [2.05, 4.69) is 26.2 Å². The number of halogens is 1. The molecule has 1 aromatic heterocycles. The van der Waals surface area contributed by atoms with Crippen molar-refractivity contribution in [3.05, 3.63) is 54.1 Å². The number of nitrogens with zero attached hydrogens (tertiary/aromatic N) is 4. The number of carbonyl (C=O) groups is 1.